The molecule has 1 aliphatic heterocycles. The molecule has 1 fully saturated rings. The maximum atomic E-state index is 12.7. The van der Waals surface area contributed by atoms with Crippen molar-refractivity contribution in [2.24, 2.45) is 0 Å². The lowest BCUT2D eigenvalue weighted by molar-refractivity contribution is 0.0665. The van der Waals surface area contributed by atoms with Crippen molar-refractivity contribution < 1.29 is 4.79 Å². The summed E-state index contributed by atoms with van der Waals surface area (Å²) in [6, 6.07) is 0.299. The zero-order chi connectivity index (χ0) is 13.8. The fourth-order valence-electron chi connectivity index (χ4n) is 2.52. The molecular weight excluding hydrogens is 260 g/mol. The Morgan fingerprint density at radius 3 is 2.95 bits per heavy atom. The van der Waals surface area contributed by atoms with Crippen molar-refractivity contribution in [2.75, 3.05) is 19.6 Å². The van der Waals surface area contributed by atoms with Gasteiger partial charge >= 0.3 is 0 Å². The molecule has 0 radical (unpaired) electrons. The van der Waals surface area contributed by atoms with Crippen molar-refractivity contribution in [3.63, 3.8) is 0 Å². The van der Waals surface area contributed by atoms with Crippen LogP contribution < -0.4 is 5.32 Å². The van der Waals surface area contributed by atoms with Crippen molar-refractivity contribution in [2.45, 2.75) is 45.6 Å². The molecule has 2 rings (SSSR count). The van der Waals surface area contributed by atoms with E-state index in [4.69, 9.17) is 0 Å². The number of hydrogen-bond acceptors (Lipinski definition) is 5. The number of carbonyl (C=O) groups excluding carboxylic acids is 1. The van der Waals surface area contributed by atoms with Crippen molar-refractivity contribution in [3.05, 3.63) is 10.6 Å². The Balaban J connectivity index is 2.17. The minimum atomic E-state index is 0.0925. The molecule has 0 saturated carbocycles. The van der Waals surface area contributed by atoms with Crippen LogP contribution in [0.1, 0.15) is 54.9 Å². The first-order valence-corrected chi connectivity index (χ1v) is 7.76. The fraction of sp³-hybridized carbons (Fsp3) is 0.769. The highest BCUT2D eigenvalue weighted by molar-refractivity contribution is 7.08. The maximum Gasteiger partial charge on any atom is 0.267 e. The summed E-state index contributed by atoms with van der Waals surface area (Å²) in [5.41, 5.74) is 0.831. The predicted molar refractivity (Wildman–Crippen MR) is 76.6 cm³/mol. The van der Waals surface area contributed by atoms with Gasteiger partial charge in [-0.25, -0.2) is 0 Å². The molecule has 0 spiro atoms. The van der Waals surface area contributed by atoms with E-state index in [1.165, 1.54) is 11.5 Å². The average Bonchev–Trinajstić information content (AvgIpc) is 2.90. The third kappa shape index (κ3) is 3.12. The second-order valence-electron chi connectivity index (χ2n) is 5.23. The molecule has 19 heavy (non-hydrogen) atoms. The number of nitrogens with zero attached hydrogens (tertiary/aromatic N) is 3. The molecule has 1 N–H and O–H groups in total. The van der Waals surface area contributed by atoms with E-state index in [1.807, 2.05) is 25.7 Å². The van der Waals surface area contributed by atoms with Gasteiger partial charge < -0.3 is 10.2 Å². The number of likely N-dealkylation sites (N-methyl/N-ethyl adjacent to an activating group) is 1. The standard InChI is InChI=1S/C13H22N4OS/c1-4-17(10-6-5-7-14-8-10)13(18)12-11(9(2)3)15-16-19-12/h9-10,14H,4-8H2,1-3H3. The molecule has 6 heteroatoms. The van der Waals surface area contributed by atoms with Gasteiger partial charge in [0.1, 0.15) is 4.88 Å². The van der Waals surface area contributed by atoms with Gasteiger partial charge in [0.2, 0.25) is 0 Å². The molecule has 1 aliphatic rings. The number of hydrogen-bond donors (Lipinski definition) is 1. The SMILES string of the molecule is CCN(C(=O)c1snnc1C(C)C)C1CCCNC1. The van der Waals surface area contributed by atoms with E-state index >= 15 is 0 Å². The number of rotatable bonds is 4. The van der Waals surface area contributed by atoms with Crippen LogP contribution in [0.3, 0.4) is 0 Å². The summed E-state index contributed by atoms with van der Waals surface area (Å²) in [5, 5.41) is 7.47. The number of carbonyl (C=O) groups is 1. The number of piperidine rings is 1. The predicted octanol–water partition coefficient (Wildman–Crippen LogP) is 1.88. The lowest BCUT2D eigenvalue weighted by Crippen LogP contribution is -2.48. The van der Waals surface area contributed by atoms with Crippen LogP contribution in [-0.4, -0.2) is 46.1 Å². The molecule has 1 amide bonds. The van der Waals surface area contributed by atoms with Gasteiger partial charge in [0.25, 0.3) is 5.91 Å². The van der Waals surface area contributed by atoms with Gasteiger partial charge in [-0.3, -0.25) is 4.79 Å². The molecule has 1 saturated heterocycles. The van der Waals surface area contributed by atoms with Crippen LogP contribution >= 0.6 is 11.5 Å². The van der Waals surface area contributed by atoms with Crippen molar-refractivity contribution in [1.82, 2.24) is 19.8 Å². The monoisotopic (exact) mass is 282 g/mol. The first-order chi connectivity index (χ1) is 9.15. The van der Waals surface area contributed by atoms with Crippen LogP contribution in [0.15, 0.2) is 0 Å². The Kier molecular flexibility index (Phi) is 4.87. The fourth-order valence-corrected chi connectivity index (χ4v) is 3.30. The summed E-state index contributed by atoms with van der Waals surface area (Å²) in [6.07, 6.45) is 2.21. The van der Waals surface area contributed by atoms with Gasteiger partial charge in [0.05, 0.1) is 5.69 Å². The summed E-state index contributed by atoms with van der Waals surface area (Å²) < 4.78 is 3.95. The molecule has 0 bridgehead atoms. The van der Waals surface area contributed by atoms with Crippen LogP contribution in [0.5, 0.6) is 0 Å². The zero-order valence-electron chi connectivity index (χ0n) is 11.8. The van der Waals surface area contributed by atoms with Gasteiger partial charge in [0.15, 0.2) is 0 Å². The second-order valence-corrected chi connectivity index (χ2v) is 5.99. The van der Waals surface area contributed by atoms with Gasteiger partial charge in [-0.15, -0.1) is 5.10 Å². The van der Waals surface area contributed by atoms with Crippen molar-refractivity contribution in [1.29, 1.82) is 0 Å². The quantitative estimate of drug-likeness (QED) is 0.916. The van der Waals surface area contributed by atoms with E-state index < -0.39 is 0 Å². The molecule has 106 valence electrons. The summed E-state index contributed by atoms with van der Waals surface area (Å²) in [5.74, 6) is 0.329. The van der Waals surface area contributed by atoms with Crippen LogP contribution in [0.25, 0.3) is 0 Å². The Morgan fingerprint density at radius 1 is 1.58 bits per heavy atom. The highest BCUT2D eigenvalue weighted by Gasteiger charge is 2.28. The molecule has 1 atom stereocenters. The van der Waals surface area contributed by atoms with Gasteiger partial charge in [-0.1, -0.05) is 18.3 Å². The lowest BCUT2D eigenvalue weighted by Gasteiger charge is -2.33. The summed E-state index contributed by atoms with van der Waals surface area (Å²) in [6.45, 7) is 8.82. The smallest absolute Gasteiger partial charge is 0.267 e. The van der Waals surface area contributed by atoms with Gasteiger partial charge in [0, 0.05) is 19.1 Å². The Bertz CT molecular complexity index is 426. The largest absolute Gasteiger partial charge is 0.334 e. The normalized spacial score (nSPS) is 19.7. The highest BCUT2D eigenvalue weighted by atomic mass is 32.1. The summed E-state index contributed by atoms with van der Waals surface area (Å²) in [4.78, 5) is 15.4. The molecule has 1 unspecified atom stereocenters. The van der Waals surface area contributed by atoms with Gasteiger partial charge in [-0.2, -0.15) is 0 Å². The van der Waals surface area contributed by atoms with E-state index in [0.717, 1.165) is 38.2 Å². The molecule has 5 nitrogen and oxygen atoms in total. The van der Waals surface area contributed by atoms with Crippen LogP contribution in [0.4, 0.5) is 0 Å². The highest BCUT2D eigenvalue weighted by Crippen LogP contribution is 2.23. The maximum absolute atomic E-state index is 12.7. The van der Waals surface area contributed by atoms with Crippen molar-refractivity contribution in [3.8, 4) is 0 Å². The number of aromatic nitrogens is 2. The molecule has 0 aliphatic carbocycles. The minimum Gasteiger partial charge on any atom is -0.334 e. The van der Waals surface area contributed by atoms with Crippen LogP contribution in [0, 0.1) is 0 Å². The zero-order valence-corrected chi connectivity index (χ0v) is 12.7. The van der Waals surface area contributed by atoms with Crippen LogP contribution in [0.2, 0.25) is 0 Å². The van der Waals surface area contributed by atoms with Crippen molar-refractivity contribution >= 4 is 17.4 Å². The Hall–Kier alpha value is -1.01. The number of nitrogens with one attached hydrogen (secondary N) is 1. The molecule has 1 aromatic heterocycles. The Labute approximate surface area is 118 Å². The summed E-state index contributed by atoms with van der Waals surface area (Å²) >= 11 is 1.22. The Morgan fingerprint density at radius 2 is 2.37 bits per heavy atom. The topological polar surface area (TPSA) is 58.1 Å². The van der Waals surface area contributed by atoms with Gasteiger partial charge in [-0.05, 0) is 43.8 Å². The average molecular weight is 282 g/mol. The third-order valence-electron chi connectivity index (χ3n) is 3.57. The van der Waals surface area contributed by atoms with E-state index in [2.05, 4.69) is 14.9 Å². The number of amides is 1. The van der Waals surface area contributed by atoms with E-state index in [0.29, 0.717) is 10.9 Å². The lowest BCUT2D eigenvalue weighted by atomic mass is 10.0. The third-order valence-corrected chi connectivity index (χ3v) is 4.30. The molecular formula is C13H22N4OS. The van der Waals surface area contributed by atoms with E-state index in [1.54, 1.807) is 0 Å². The molecule has 2 heterocycles. The summed E-state index contributed by atoms with van der Waals surface area (Å²) in [7, 11) is 0. The first kappa shape index (κ1) is 14.4. The second kappa shape index (κ2) is 6.43. The minimum absolute atomic E-state index is 0.0925. The van der Waals surface area contributed by atoms with Crippen LogP contribution in [-0.2, 0) is 0 Å². The van der Waals surface area contributed by atoms with E-state index in [9.17, 15) is 4.79 Å². The molecule has 1 aromatic rings. The van der Waals surface area contributed by atoms with E-state index in [-0.39, 0.29) is 11.8 Å². The molecule has 0 aromatic carbocycles. The first-order valence-electron chi connectivity index (χ1n) is 6.99.